The molecule has 0 aliphatic heterocycles. The summed E-state index contributed by atoms with van der Waals surface area (Å²) in [6.07, 6.45) is 2.01. The predicted molar refractivity (Wildman–Crippen MR) is 135 cm³/mol. The Morgan fingerprint density at radius 3 is 2.44 bits per heavy atom. The van der Waals surface area contributed by atoms with E-state index in [1.165, 1.54) is 23.5 Å². The van der Waals surface area contributed by atoms with Crippen LogP contribution in [0.1, 0.15) is 31.1 Å². The predicted octanol–water partition coefficient (Wildman–Crippen LogP) is 4.80. The van der Waals surface area contributed by atoms with Gasteiger partial charge in [-0.1, -0.05) is 44.2 Å². The van der Waals surface area contributed by atoms with Crippen LogP contribution in [-0.4, -0.2) is 62.4 Å². The maximum atomic E-state index is 13.6. The number of carbonyl (C=O) groups is 1. The van der Waals surface area contributed by atoms with Crippen molar-refractivity contribution in [1.82, 2.24) is 9.88 Å². The largest absolute Gasteiger partial charge is 0.302 e. The number of benzene rings is 2. The molecule has 0 aliphatic carbocycles. The molecule has 0 saturated heterocycles. The summed E-state index contributed by atoms with van der Waals surface area (Å²) < 4.78 is 25.7. The second-order valence-corrected chi connectivity index (χ2v) is 11.4. The van der Waals surface area contributed by atoms with Gasteiger partial charge >= 0.3 is 0 Å². The quantitative estimate of drug-likeness (QED) is 0.380. The number of carbonyl (C=O) groups excluding carboxylic acids is 1. The fourth-order valence-corrected chi connectivity index (χ4v) is 5.97. The Labute approximate surface area is 198 Å². The molecule has 0 fully saturated rings. The molecule has 0 unspecified atom stereocenters. The van der Waals surface area contributed by atoms with Crippen LogP contribution in [0.2, 0.25) is 0 Å². The average Bonchev–Trinajstić information content (AvgIpc) is 3.25. The Hall–Kier alpha value is -1.94. The first-order valence-corrected chi connectivity index (χ1v) is 14.3. The van der Waals surface area contributed by atoms with Crippen LogP contribution in [0.15, 0.2) is 52.3 Å². The molecule has 0 bridgehead atoms. The molecule has 1 heterocycles. The van der Waals surface area contributed by atoms with E-state index < -0.39 is 9.84 Å². The number of aromatic nitrogens is 1. The van der Waals surface area contributed by atoms with Gasteiger partial charge in [-0.05, 0) is 49.7 Å². The van der Waals surface area contributed by atoms with E-state index in [2.05, 4.69) is 18.7 Å². The molecule has 172 valence electrons. The lowest BCUT2D eigenvalue weighted by molar-refractivity contribution is 0.0983. The van der Waals surface area contributed by atoms with Gasteiger partial charge in [-0.3, -0.25) is 9.69 Å². The van der Waals surface area contributed by atoms with Crippen LogP contribution in [-0.2, 0) is 9.84 Å². The zero-order valence-corrected chi connectivity index (χ0v) is 21.3. The molecule has 3 aromatic rings. The second-order valence-electron chi connectivity index (χ2n) is 7.22. The molecule has 0 saturated carbocycles. The molecule has 0 aliphatic rings. The van der Waals surface area contributed by atoms with Gasteiger partial charge in [0.25, 0.3) is 5.91 Å². The van der Waals surface area contributed by atoms with Crippen molar-refractivity contribution in [2.45, 2.75) is 30.6 Å². The number of thiazole rings is 1. The van der Waals surface area contributed by atoms with E-state index in [0.717, 1.165) is 28.2 Å². The van der Waals surface area contributed by atoms with E-state index in [-0.39, 0.29) is 16.6 Å². The van der Waals surface area contributed by atoms with Gasteiger partial charge in [-0.15, -0.1) is 11.8 Å². The number of nitrogens with zero attached hydrogens (tertiary/aromatic N) is 3. The summed E-state index contributed by atoms with van der Waals surface area (Å²) in [7, 11) is -3.40. The summed E-state index contributed by atoms with van der Waals surface area (Å²) in [5.74, 6) is -0.249. The minimum atomic E-state index is -3.40. The average molecular weight is 492 g/mol. The molecule has 9 heteroatoms. The van der Waals surface area contributed by atoms with Gasteiger partial charge in [-0.2, -0.15) is 0 Å². The maximum absolute atomic E-state index is 13.6. The Kier molecular flexibility index (Phi) is 8.32. The molecule has 1 aromatic heterocycles. The number of anilines is 1. The molecule has 6 nitrogen and oxygen atoms in total. The Morgan fingerprint density at radius 1 is 1.06 bits per heavy atom. The highest BCUT2D eigenvalue weighted by Gasteiger charge is 2.24. The number of hydrogen-bond acceptors (Lipinski definition) is 7. The highest BCUT2D eigenvalue weighted by Crippen LogP contribution is 2.34. The second kappa shape index (κ2) is 10.8. The highest BCUT2D eigenvalue weighted by atomic mass is 32.2. The van der Waals surface area contributed by atoms with Gasteiger partial charge in [0, 0.05) is 23.5 Å². The van der Waals surface area contributed by atoms with Crippen LogP contribution in [0, 0.1) is 0 Å². The lowest BCUT2D eigenvalue weighted by Crippen LogP contribution is -2.39. The van der Waals surface area contributed by atoms with E-state index in [0.29, 0.717) is 23.8 Å². The molecule has 0 spiro atoms. The van der Waals surface area contributed by atoms with Gasteiger partial charge in [0.1, 0.15) is 0 Å². The molecule has 32 heavy (non-hydrogen) atoms. The molecule has 0 radical (unpaired) electrons. The van der Waals surface area contributed by atoms with Crippen molar-refractivity contribution in [1.29, 1.82) is 0 Å². The van der Waals surface area contributed by atoms with Crippen molar-refractivity contribution in [2.75, 3.05) is 43.1 Å². The Morgan fingerprint density at radius 2 is 1.78 bits per heavy atom. The number of para-hydroxylation sites is 1. The summed E-state index contributed by atoms with van der Waals surface area (Å²) in [6, 6.07) is 12.3. The first-order chi connectivity index (χ1) is 15.3. The molecule has 0 N–H and O–H groups in total. The van der Waals surface area contributed by atoms with Crippen molar-refractivity contribution in [3.8, 4) is 0 Å². The van der Waals surface area contributed by atoms with Crippen molar-refractivity contribution in [3.05, 3.63) is 48.0 Å². The van der Waals surface area contributed by atoms with Crippen molar-refractivity contribution < 1.29 is 13.2 Å². The summed E-state index contributed by atoms with van der Waals surface area (Å²) >= 11 is 3.11. The normalized spacial score (nSPS) is 11.9. The van der Waals surface area contributed by atoms with Gasteiger partial charge < -0.3 is 4.90 Å². The number of thioether (sulfide) groups is 1. The standard InChI is InChI=1S/C23H29N3O3S3/c1-5-25(6-2)14-15-26(23-24-21-19(30-4)12-9-13-20(21)31-23)22(27)17-10-8-11-18(16-17)32(28,29)7-3/h8-13,16H,5-7,14-15H2,1-4H3. The third-order valence-electron chi connectivity index (χ3n) is 5.42. The summed E-state index contributed by atoms with van der Waals surface area (Å²) in [4.78, 5) is 23.6. The van der Waals surface area contributed by atoms with Crippen molar-refractivity contribution in [3.63, 3.8) is 0 Å². The lowest BCUT2D eigenvalue weighted by Gasteiger charge is -2.25. The zero-order chi connectivity index (χ0) is 23.3. The first-order valence-electron chi connectivity index (χ1n) is 10.6. The van der Waals surface area contributed by atoms with E-state index >= 15 is 0 Å². The van der Waals surface area contributed by atoms with E-state index in [4.69, 9.17) is 4.98 Å². The number of likely N-dealkylation sites (N-methyl/N-ethyl adjacent to an activating group) is 1. The molecule has 1 amide bonds. The molecular weight excluding hydrogens is 462 g/mol. The third kappa shape index (κ3) is 5.33. The van der Waals surface area contributed by atoms with Crippen LogP contribution in [0.3, 0.4) is 0 Å². The van der Waals surface area contributed by atoms with Crippen LogP contribution in [0.25, 0.3) is 10.2 Å². The van der Waals surface area contributed by atoms with Gasteiger partial charge in [0.05, 0.1) is 20.9 Å². The Balaban J connectivity index is 2.03. The van der Waals surface area contributed by atoms with Crippen LogP contribution < -0.4 is 4.90 Å². The van der Waals surface area contributed by atoms with Crippen molar-refractivity contribution >= 4 is 54.2 Å². The Bertz CT molecular complexity index is 1190. The smallest absolute Gasteiger partial charge is 0.260 e. The van der Waals surface area contributed by atoms with E-state index in [1.807, 2.05) is 24.5 Å². The minimum absolute atomic E-state index is 0.00828. The SMILES string of the molecule is CCN(CC)CCN(C(=O)c1cccc(S(=O)(=O)CC)c1)c1nc2c(SC)cccc2s1. The van der Waals surface area contributed by atoms with E-state index in [9.17, 15) is 13.2 Å². The summed E-state index contributed by atoms with van der Waals surface area (Å²) in [5.41, 5.74) is 1.24. The van der Waals surface area contributed by atoms with Crippen LogP contribution in [0.5, 0.6) is 0 Å². The maximum Gasteiger partial charge on any atom is 0.260 e. The van der Waals surface area contributed by atoms with E-state index in [1.54, 1.807) is 35.7 Å². The van der Waals surface area contributed by atoms with Gasteiger partial charge in [0.15, 0.2) is 15.0 Å². The van der Waals surface area contributed by atoms with Crippen LogP contribution >= 0.6 is 23.1 Å². The van der Waals surface area contributed by atoms with Gasteiger partial charge in [0.2, 0.25) is 0 Å². The summed E-state index contributed by atoms with van der Waals surface area (Å²) in [6.45, 7) is 8.74. The number of fused-ring (bicyclic) bond motifs is 1. The fourth-order valence-electron chi connectivity index (χ4n) is 3.40. The molecule has 3 rings (SSSR count). The topological polar surface area (TPSA) is 70.6 Å². The third-order valence-corrected chi connectivity index (χ3v) is 8.97. The number of hydrogen-bond donors (Lipinski definition) is 0. The fraction of sp³-hybridized carbons (Fsp3) is 0.391. The number of rotatable bonds is 10. The lowest BCUT2D eigenvalue weighted by atomic mass is 10.2. The van der Waals surface area contributed by atoms with Crippen molar-refractivity contribution in [2.24, 2.45) is 0 Å². The molecule has 0 atom stereocenters. The van der Waals surface area contributed by atoms with Crippen LogP contribution in [0.4, 0.5) is 5.13 Å². The summed E-state index contributed by atoms with van der Waals surface area (Å²) in [5, 5.41) is 0.627. The molecule has 2 aromatic carbocycles. The monoisotopic (exact) mass is 491 g/mol. The highest BCUT2D eigenvalue weighted by molar-refractivity contribution is 7.98. The zero-order valence-electron chi connectivity index (χ0n) is 18.9. The van der Waals surface area contributed by atoms with Gasteiger partial charge in [-0.25, -0.2) is 13.4 Å². The number of amides is 1. The number of sulfone groups is 1. The first kappa shape index (κ1) is 24.7. The molecular formula is C23H29N3O3S3. The minimum Gasteiger partial charge on any atom is -0.302 e.